The van der Waals surface area contributed by atoms with Crippen molar-refractivity contribution in [3.05, 3.63) is 71.8 Å². The van der Waals surface area contributed by atoms with E-state index in [0.29, 0.717) is 13.2 Å². The standard InChI is InChI=1S/C27H32N2O4/c1-5-16-33-26-15-12-20-8-6-7-9-23(20)24(26)18-29(3)27(31)17-25(28-19(2)30)21-10-13-22(32-4)14-11-21/h6-15,25H,5,16-18H2,1-4H3,(H,28,30). The van der Waals surface area contributed by atoms with Gasteiger partial charge in [0.05, 0.1) is 26.2 Å². The maximum Gasteiger partial charge on any atom is 0.225 e. The van der Waals surface area contributed by atoms with Gasteiger partial charge in [0.2, 0.25) is 11.8 Å². The van der Waals surface area contributed by atoms with Gasteiger partial charge in [0.1, 0.15) is 11.5 Å². The van der Waals surface area contributed by atoms with Gasteiger partial charge in [0, 0.05) is 26.1 Å². The molecule has 0 aliphatic carbocycles. The lowest BCUT2D eigenvalue weighted by Crippen LogP contribution is -2.33. The average molecular weight is 449 g/mol. The van der Waals surface area contributed by atoms with Gasteiger partial charge in [-0.25, -0.2) is 0 Å². The van der Waals surface area contributed by atoms with Crippen LogP contribution in [0.15, 0.2) is 60.7 Å². The molecule has 3 rings (SSSR count). The van der Waals surface area contributed by atoms with Crippen LogP contribution >= 0.6 is 0 Å². The molecule has 0 aliphatic heterocycles. The molecule has 0 fully saturated rings. The Labute approximate surface area is 195 Å². The lowest BCUT2D eigenvalue weighted by molar-refractivity contribution is -0.131. The quantitative estimate of drug-likeness (QED) is 0.481. The third-order valence-electron chi connectivity index (χ3n) is 5.55. The Kier molecular flexibility index (Phi) is 8.30. The SMILES string of the molecule is CCCOc1ccc2ccccc2c1CN(C)C(=O)CC(NC(C)=O)c1ccc(OC)cc1. The summed E-state index contributed by atoms with van der Waals surface area (Å²) in [6.07, 6.45) is 1.06. The third-order valence-corrected chi connectivity index (χ3v) is 5.55. The number of rotatable bonds is 10. The van der Waals surface area contributed by atoms with Crippen LogP contribution in [0, 0.1) is 0 Å². The minimum absolute atomic E-state index is 0.0704. The molecular formula is C27H32N2O4. The molecule has 1 atom stereocenters. The van der Waals surface area contributed by atoms with Crippen LogP contribution in [0.2, 0.25) is 0 Å². The van der Waals surface area contributed by atoms with Crippen LogP contribution in [-0.2, 0) is 16.1 Å². The van der Waals surface area contributed by atoms with Crippen molar-refractivity contribution in [2.45, 2.75) is 39.3 Å². The highest BCUT2D eigenvalue weighted by molar-refractivity contribution is 5.88. The normalized spacial score (nSPS) is 11.6. The molecule has 174 valence electrons. The lowest BCUT2D eigenvalue weighted by Gasteiger charge is -2.24. The largest absolute Gasteiger partial charge is 0.497 e. The van der Waals surface area contributed by atoms with Gasteiger partial charge in [-0.1, -0.05) is 49.4 Å². The van der Waals surface area contributed by atoms with Crippen LogP contribution in [0.5, 0.6) is 11.5 Å². The zero-order valence-electron chi connectivity index (χ0n) is 19.8. The number of methoxy groups -OCH3 is 1. The van der Waals surface area contributed by atoms with E-state index < -0.39 is 6.04 Å². The number of hydrogen-bond acceptors (Lipinski definition) is 4. The summed E-state index contributed by atoms with van der Waals surface area (Å²) < 4.78 is 11.2. The number of amides is 2. The van der Waals surface area contributed by atoms with Crippen molar-refractivity contribution in [2.75, 3.05) is 20.8 Å². The molecule has 33 heavy (non-hydrogen) atoms. The van der Waals surface area contributed by atoms with Gasteiger partial charge in [-0.15, -0.1) is 0 Å². The van der Waals surface area contributed by atoms with Gasteiger partial charge in [0.25, 0.3) is 0 Å². The minimum atomic E-state index is -0.424. The van der Waals surface area contributed by atoms with Crippen molar-refractivity contribution in [3.63, 3.8) is 0 Å². The summed E-state index contributed by atoms with van der Waals surface area (Å²) in [6.45, 7) is 4.55. The first-order chi connectivity index (χ1) is 15.9. The van der Waals surface area contributed by atoms with Crippen molar-refractivity contribution in [3.8, 4) is 11.5 Å². The second-order valence-corrected chi connectivity index (χ2v) is 8.09. The van der Waals surface area contributed by atoms with Gasteiger partial charge >= 0.3 is 0 Å². The summed E-state index contributed by atoms with van der Waals surface area (Å²) in [5, 5.41) is 5.07. The predicted octanol–water partition coefficient (Wildman–Crippen LogP) is 4.86. The molecule has 0 heterocycles. The Balaban J connectivity index is 1.82. The van der Waals surface area contributed by atoms with E-state index in [1.54, 1.807) is 19.1 Å². The smallest absolute Gasteiger partial charge is 0.225 e. The fraction of sp³-hybridized carbons (Fsp3) is 0.333. The Morgan fingerprint density at radius 1 is 1.03 bits per heavy atom. The van der Waals surface area contributed by atoms with Crippen LogP contribution in [0.3, 0.4) is 0 Å². The number of fused-ring (bicyclic) bond motifs is 1. The number of benzene rings is 3. The monoisotopic (exact) mass is 448 g/mol. The fourth-order valence-corrected chi connectivity index (χ4v) is 3.82. The second kappa shape index (κ2) is 11.4. The molecule has 0 aromatic heterocycles. The van der Waals surface area contributed by atoms with Crippen LogP contribution in [0.4, 0.5) is 0 Å². The van der Waals surface area contributed by atoms with Crippen LogP contribution in [0.25, 0.3) is 10.8 Å². The highest BCUT2D eigenvalue weighted by Crippen LogP contribution is 2.30. The summed E-state index contributed by atoms with van der Waals surface area (Å²) in [5.74, 6) is 1.26. The Bertz CT molecular complexity index is 1090. The highest BCUT2D eigenvalue weighted by atomic mass is 16.5. The first-order valence-electron chi connectivity index (χ1n) is 11.2. The molecule has 0 spiro atoms. The Hall–Kier alpha value is -3.54. The number of nitrogens with one attached hydrogen (secondary N) is 1. The van der Waals surface area contributed by atoms with Crippen LogP contribution in [0.1, 0.15) is 43.9 Å². The zero-order chi connectivity index (χ0) is 23.8. The maximum absolute atomic E-state index is 13.2. The summed E-state index contributed by atoms with van der Waals surface area (Å²) in [5.41, 5.74) is 1.84. The zero-order valence-corrected chi connectivity index (χ0v) is 19.8. The van der Waals surface area contributed by atoms with E-state index in [-0.39, 0.29) is 18.2 Å². The molecule has 1 unspecified atom stereocenters. The summed E-state index contributed by atoms with van der Waals surface area (Å²) in [4.78, 5) is 26.7. The van der Waals surface area contributed by atoms with Gasteiger partial charge in [-0.2, -0.15) is 0 Å². The molecule has 0 saturated carbocycles. The van der Waals surface area contributed by atoms with Crippen LogP contribution in [-0.4, -0.2) is 37.5 Å². The van der Waals surface area contributed by atoms with Gasteiger partial charge in [0.15, 0.2) is 0 Å². The lowest BCUT2D eigenvalue weighted by atomic mass is 10.0. The van der Waals surface area contributed by atoms with Gasteiger partial charge in [-0.05, 0) is 41.0 Å². The van der Waals surface area contributed by atoms with Crippen molar-refractivity contribution in [1.82, 2.24) is 10.2 Å². The first kappa shape index (κ1) is 24.1. The van der Waals surface area contributed by atoms with Crippen molar-refractivity contribution >= 4 is 22.6 Å². The van der Waals surface area contributed by atoms with E-state index >= 15 is 0 Å². The molecule has 6 heteroatoms. The molecule has 0 saturated heterocycles. The van der Waals surface area contributed by atoms with E-state index in [2.05, 4.69) is 24.4 Å². The van der Waals surface area contributed by atoms with Crippen molar-refractivity contribution in [2.24, 2.45) is 0 Å². The molecule has 3 aromatic carbocycles. The second-order valence-electron chi connectivity index (χ2n) is 8.09. The van der Waals surface area contributed by atoms with Crippen LogP contribution < -0.4 is 14.8 Å². The number of carbonyl (C=O) groups excluding carboxylic acids is 2. The first-order valence-corrected chi connectivity index (χ1v) is 11.2. The summed E-state index contributed by atoms with van der Waals surface area (Å²) in [6, 6.07) is 19.1. The van der Waals surface area contributed by atoms with E-state index in [0.717, 1.165) is 39.8 Å². The predicted molar refractivity (Wildman–Crippen MR) is 130 cm³/mol. The van der Waals surface area contributed by atoms with E-state index in [4.69, 9.17) is 9.47 Å². The topological polar surface area (TPSA) is 67.9 Å². The molecule has 3 aromatic rings. The van der Waals surface area contributed by atoms with E-state index in [1.807, 2.05) is 48.5 Å². The van der Waals surface area contributed by atoms with Gasteiger partial charge < -0.3 is 19.7 Å². The van der Waals surface area contributed by atoms with E-state index in [9.17, 15) is 9.59 Å². The Morgan fingerprint density at radius 3 is 2.42 bits per heavy atom. The number of hydrogen-bond donors (Lipinski definition) is 1. The fourth-order valence-electron chi connectivity index (χ4n) is 3.82. The highest BCUT2D eigenvalue weighted by Gasteiger charge is 2.21. The van der Waals surface area contributed by atoms with Crippen molar-refractivity contribution < 1.29 is 19.1 Å². The molecule has 0 radical (unpaired) electrons. The average Bonchev–Trinajstić information content (AvgIpc) is 2.82. The van der Waals surface area contributed by atoms with Crippen molar-refractivity contribution in [1.29, 1.82) is 0 Å². The molecule has 6 nitrogen and oxygen atoms in total. The van der Waals surface area contributed by atoms with E-state index in [1.165, 1.54) is 6.92 Å². The minimum Gasteiger partial charge on any atom is -0.497 e. The number of carbonyl (C=O) groups is 2. The molecular weight excluding hydrogens is 416 g/mol. The molecule has 2 amide bonds. The number of nitrogens with zero attached hydrogens (tertiary/aromatic N) is 1. The molecule has 0 bridgehead atoms. The van der Waals surface area contributed by atoms with Gasteiger partial charge in [-0.3, -0.25) is 9.59 Å². The molecule has 0 aliphatic rings. The third kappa shape index (κ3) is 6.25. The maximum atomic E-state index is 13.2. The number of ether oxygens (including phenoxy) is 2. The summed E-state index contributed by atoms with van der Waals surface area (Å²) in [7, 11) is 3.39. The Morgan fingerprint density at radius 2 is 1.76 bits per heavy atom. The summed E-state index contributed by atoms with van der Waals surface area (Å²) >= 11 is 0. The molecule has 1 N–H and O–H groups in total.